The van der Waals surface area contributed by atoms with Crippen LogP contribution in [0.25, 0.3) is 0 Å². The maximum atomic E-state index is 12.7. The molecule has 0 aliphatic carbocycles. The smallest absolute Gasteiger partial charge is 0.253 e. The molecule has 1 aliphatic heterocycles. The minimum absolute atomic E-state index is 0.0328. The van der Waals surface area contributed by atoms with Gasteiger partial charge >= 0.3 is 0 Å². The SMILES string of the molecule is COc1ccc(C(=O)N2CCC(CNC(=O)c3ccc(OC)c(OC)c3)CC2)cc1. The van der Waals surface area contributed by atoms with Crippen molar-refractivity contribution in [3.63, 3.8) is 0 Å². The van der Waals surface area contributed by atoms with Gasteiger partial charge in [-0.2, -0.15) is 0 Å². The van der Waals surface area contributed by atoms with E-state index in [1.807, 2.05) is 4.90 Å². The number of methoxy groups -OCH3 is 3. The molecule has 0 bridgehead atoms. The molecule has 0 spiro atoms. The Kier molecular flexibility index (Phi) is 7.17. The number of rotatable bonds is 7. The number of carbonyl (C=O) groups is 2. The van der Waals surface area contributed by atoms with Gasteiger partial charge in [0, 0.05) is 30.8 Å². The summed E-state index contributed by atoms with van der Waals surface area (Å²) in [5.74, 6) is 2.07. The van der Waals surface area contributed by atoms with Crippen molar-refractivity contribution in [1.29, 1.82) is 0 Å². The molecule has 160 valence electrons. The van der Waals surface area contributed by atoms with Crippen molar-refractivity contribution in [3.8, 4) is 17.2 Å². The number of ether oxygens (including phenoxy) is 3. The Morgan fingerprint density at radius 1 is 0.900 bits per heavy atom. The van der Waals surface area contributed by atoms with Gasteiger partial charge in [0.25, 0.3) is 11.8 Å². The Morgan fingerprint density at radius 2 is 1.53 bits per heavy atom. The maximum Gasteiger partial charge on any atom is 0.253 e. The molecule has 1 aliphatic rings. The lowest BCUT2D eigenvalue weighted by atomic mass is 9.96. The Balaban J connectivity index is 1.48. The van der Waals surface area contributed by atoms with Crippen LogP contribution in [0, 0.1) is 5.92 Å². The second-order valence-corrected chi connectivity index (χ2v) is 7.24. The van der Waals surface area contributed by atoms with Gasteiger partial charge in [-0.25, -0.2) is 0 Å². The van der Waals surface area contributed by atoms with E-state index >= 15 is 0 Å². The van der Waals surface area contributed by atoms with Gasteiger partial charge in [-0.1, -0.05) is 0 Å². The van der Waals surface area contributed by atoms with E-state index in [0.717, 1.165) is 18.6 Å². The summed E-state index contributed by atoms with van der Waals surface area (Å²) < 4.78 is 15.6. The summed E-state index contributed by atoms with van der Waals surface area (Å²) in [6.07, 6.45) is 1.71. The van der Waals surface area contributed by atoms with Crippen LogP contribution >= 0.6 is 0 Å². The van der Waals surface area contributed by atoms with Crippen molar-refractivity contribution in [3.05, 3.63) is 53.6 Å². The molecular formula is C23H28N2O5. The molecule has 3 rings (SSSR count). The third kappa shape index (κ3) is 5.03. The van der Waals surface area contributed by atoms with Crippen molar-refractivity contribution < 1.29 is 23.8 Å². The number of hydrogen-bond acceptors (Lipinski definition) is 5. The molecule has 30 heavy (non-hydrogen) atoms. The molecule has 1 fully saturated rings. The van der Waals surface area contributed by atoms with E-state index in [4.69, 9.17) is 14.2 Å². The third-order valence-corrected chi connectivity index (χ3v) is 5.44. The average Bonchev–Trinajstić information content (AvgIpc) is 2.82. The van der Waals surface area contributed by atoms with Crippen LogP contribution in [0.5, 0.6) is 17.2 Å². The van der Waals surface area contributed by atoms with Crippen LogP contribution < -0.4 is 19.5 Å². The molecule has 7 heteroatoms. The molecule has 0 saturated carbocycles. The molecule has 0 aromatic heterocycles. The maximum absolute atomic E-state index is 12.7. The summed E-state index contributed by atoms with van der Waals surface area (Å²) >= 11 is 0. The first-order valence-electron chi connectivity index (χ1n) is 9.99. The lowest BCUT2D eigenvalue weighted by Crippen LogP contribution is -2.41. The van der Waals surface area contributed by atoms with E-state index in [2.05, 4.69) is 5.32 Å². The van der Waals surface area contributed by atoms with E-state index in [1.54, 1.807) is 63.8 Å². The van der Waals surface area contributed by atoms with Crippen LogP contribution in [-0.2, 0) is 0 Å². The van der Waals surface area contributed by atoms with Crippen molar-refractivity contribution in [2.45, 2.75) is 12.8 Å². The van der Waals surface area contributed by atoms with E-state index in [9.17, 15) is 9.59 Å². The summed E-state index contributed by atoms with van der Waals surface area (Å²) in [6, 6.07) is 12.3. The first kappa shape index (κ1) is 21.5. The Labute approximate surface area is 176 Å². The van der Waals surface area contributed by atoms with E-state index in [0.29, 0.717) is 48.2 Å². The van der Waals surface area contributed by atoms with Gasteiger partial charge < -0.3 is 24.4 Å². The molecule has 1 saturated heterocycles. The number of nitrogens with one attached hydrogen (secondary N) is 1. The summed E-state index contributed by atoms with van der Waals surface area (Å²) in [7, 11) is 4.70. The monoisotopic (exact) mass is 412 g/mol. The lowest BCUT2D eigenvalue weighted by molar-refractivity contribution is 0.0684. The Bertz CT molecular complexity index is 874. The molecule has 1 heterocycles. The summed E-state index contributed by atoms with van der Waals surface area (Å²) in [5, 5.41) is 2.99. The fourth-order valence-electron chi connectivity index (χ4n) is 3.57. The molecule has 1 N–H and O–H groups in total. The van der Waals surface area contributed by atoms with Crippen molar-refractivity contribution >= 4 is 11.8 Å². The summed E-state index contributed by atoms with van der Waals surface area (Å²) in [6.45, 7) is 1.95. The predicted molar refractivity (Wildman–Crippen MR) is 114 cm³/mol. The van der Waals surface area contributed by atoms with Gasteiger partial charge in [0.05, 0.1) is 21.3 Å². The molecular weight excluding hydrogens is 384 g/mol. The second-order valence-electron chi connectivity index (χ2n) is 7.24. The summed E-state index contributed by atoms with van der Waals surface area (Å²) in [4.78, 5) is 27.0. The van der Waals surface area contributed by atoms with Gasteiger partial charge in [0.1, 0.15) is 5.75 Å². The number of amides is 2. The number of nitrogens with zero attached hydrogens (tertiary/aromatic N) is 1. The fourth-order valence-corrected chi connectivity index (χ4v) is 3.57. The molecule has 2 aromatic rings. The van der Waals surface area contributed by atoms with Crippen LogP contribution in [0.1, 0.15) is 33.6 Å². The normalized spacial score (nSPS) is 14.2. The van der Waals surface area contributed by atoms with Gasteiger partial charge in [0.2, 0.25) is 0 Å². The zero-order valence-electron chi connectivity index (χ0n) is 17.6. The number of piperidine rings is 1. The van der Waals surface area contributed by atoms with Gasteiger partial charge in [-0.3, -0.25) is 9.59 Å². The minimum Gasteiger partial charge on any atom is -0.497 e. The highest BCUT2D eigenvalue weighted by molar-refractivity contribution is 5.95. The van der Waals surface area contributed by atoms with Crippen LogP contribution in [0.2, 0.25) is 0 Å². The first-order valence-corrected chi connectivity index (χ1v) is 9.99. The van der Waals surface area contributed by atoms with Gasteiger partial charge in [-0.05, 0) is 61.2 Å². The fraction of sp³-hybridized carbons (Fsp3) is 0.391. The van der Waals surface area contributed by atoms with Crippen molar-refractivity contribution in [2.24, 2.45) is 5.92 Å². The van der Waals surface area contributed by atoms with E-state index in [1.165, 1.54) is 0 Å². The Hall–Kier alpha value is -3.22. The van der Waals surface area contributed by atoms with Crippen LogP contribution in [0.15, 0.2) is 42.5 Å². The standard InChI is InChI=1S/C23H28N2O5/c1-28-19-7-4-17(5-8-19)23(27)25-12-10-16(11-13-25)15-24-22(26)18-6-9-20(29-2)21(14-18)30-3/h4-9,14,16H,10-13,15H2,1-3H3,(H,24,26). The molecule has 0 atom stereocenters. The highest BCUT2D eigenvalue weighted by Crippen LogP contribution is 2.27. The van der Waals surface area contributed by atoms with Crippen molar-refractivity contribution in [2.75, 3.05) is 41.0 Å². The molecule has 2 amide bonds. The number of hydrogen-bond donors (Lipinski definition) is 1. The second kappa shape index (κ2) is 10.0. The van der Waals surface area contributed by atoms with Crippen LogP contribution in [-0.4, -0.2) is 57.7 Å². The van der Waals surface area contributed by atoms with Crippen molar-refractivity contribution in [1.82, 2.24) is 10.2 Å². The van der Waals surface area contributed by atoms with Crippen LogP contribution in [0.3, 0.4) is 0 Å². The topological polar surface area (TPSA) is 77.1 Å². The van der Waals surface area contributed by atoms with Gasteiger partial charge in [-0.15, -0.1) is 0 Å². The van der Waals surface area contributed by atoms with Gasteiger partial charge in [0.15, 0.2) is 11.5 Å². The predicted octanol–water partition coefficient (Wildman–Crippen LogP) is 2.99. The third-order valence-electron chi connectivity index (χ3n) is 5.44. The molecule has 0 radical (unpaired) electrons. The van der Waals surface area contributed by atoms with E-state index in [-0.39, 0.29) is 11.8 Å². The molecule has 0 unspecified atom stereocenters. The van der Waals surface area contributed by atoms with E-state index < -0.39 is 0 Å². The first-order chi connectivity index (χ1) is 14.5. The zero-order chi connectivity index (χ0) is 21.5. The lowest BCUT2D eigenvalue weighted by Gasteiger charge is -2.32. The minimum atomic E-state index is -0.146. The quantitative estimate of drug-likeness (QED) is 0.757. The largest absolute Gasteiger partial charge is 0.497 e. The number of carbonyl (C=O) groups excluding carboxylic acids is 2. The number of likely N-dealkylation sites (tertiary alicyclic amines) is 1. The Morgan fingerprint density at radius 3 is 2.13 bits per heavy atom. The van der Waals surface area contributed by atoms with Crippen LogP contribution in [0.4, 0.5) is 0 Å². The summed E-state index contributed by atoms with van der Waals surface area (Å²) in [5.41, 5.74) is 1.19. The highest BCUT2D eigenvalue weighted by atomic mass is 16.5. The molecule has 7 nitrogen and oxygen atoms in total. The average molecular weight is 412 g/mol. The number of benzene rings is 2. The highest BCUT2D eigenvalue weighted by Gasteiger charge is 2.24. The zero-order valence-corrected chi connectivity index (χ0v) is 17.6. The molecule has 2 aromatic carbocycles.